The van der Waals surface area contributed by atoms with Gasteiger partial charge in [-0.25, -0.2) is 4.79 Å². The van der Waals surface area contributed by atoms with Crippen LogP contribution in [0, 0.1) is 0 Å². The molecule has 26 heavy (non-hydrogen) atoms. The number of para-hydroxylation sites is 2. The summed E-state index contributed by atoms with van der Waals surface area (Å²) in [5.41, 5.74) is 0.720. The van der Waals surface area contributed by atoms with Crippen LogP contribution in [0.2, 0.25) is 0 Å². The van der Waals surface area contributed by atoms with Crippen LogP contribution in [-0.4, -0.2) is 23.8 Å². The zero-order chi connectivity index (χ0) is 18.4. The number of rotatable bonds is 8. The Morgan fingerprint density at radius 2 is 1.81 bits per heavy atom. The van der Waals surface area contributed by atoms with Gasteiger partial charge in [0.05, 0.1) is 6.61 Å². The van der Waals surface area contributed by atoms with Crippen molar-refractivity contribution in [2.75, 3.05) is 6.61 Å². The number of ether oxygens (including phenoxy) is 3. The van der Waals surface area contributed by atoms with Crippen molar-refractivity contribution in [1.29, 1.82) is 0 Å². The molecule has 138 valence electrons. The molecule has 0 saturated carbocycles. The fourth-order valence-electron chi connectivity index (χ4n) is 2.96. The van der Waals surface area contributed by atoms with Crippen molar-refractivity contribution < 1.29 is 24.1 Å². The third-order valence-corrected chi connectivity index (χ3v) is 4.33. The van der Waals surface area contributed by atoms with Gasteiger partial charge in [-0.15, -0.1) is 0 Å². The maximum Gasteiger partial charge on any atom is 0.349 e. The molecule has 1 heterocycles. The normalized spacial score (nSPS) is 18.3. The lowest BCUT2D eigenvalue weighted by Gasteiger charge is -2.32. The van der Waals surface area contributed by atoms with Crippen molar-refractivity contribution in [2.24, 2.45) is 0 Å². The van der Waals surface area contributed by atoms with Gasteiger partial charge in [-0.3, -0.25) is 0 Å². The van der Waals surface area contributed by atoms with E-state index in [0.717, 1.165) is 18.4 Å². The summed E-state index contributed by atoms with van der Waals surface area (Å²) in [4.78, 5) is 11.7. The number of hydrogen-bond donors (Lipinski definition) is 1. The number of carboxylic acid groups (broad SMARTS) is 1. The van der Waals surface area contributed by atoms with E-state index in [0.29, 0.717) is 23.9 Å². The van der Waals surface area contributed by atoms with Gasteiger partial charge in [-0.1, -0.05) is 50.5 Å². The average molecular weight is 356 g/mol. The predicted molar refractivity (Wildman–Crippen MR) is 97.9 cm³/mol. The van der Waals surface area contributed by atoms with Crippen LogP contribution in [0.5, 0.6) is 17.2 Å². The van der Waals surface area contributed by atoms with Crippen molar-refractivity contribution in [3.63, 3.8) is 0 Å². The molecule has 2 atom stereocenters. The number of aliphatic carboxylic acids is 1. The molecule has 0 amide bonds. The second-order valence-electron chi connectivity index (χ2n) is 6.34. The van der Waals surface area contributed by atoms with Crippen LogP contribution in [0.15, 0.2) is 48.5 Å². The highest BCUT2D eigenvalue weighted by molar-refractivity contribution is 5.75. The number of fused-ring (bicyclic) bond motifs is 1. The van der Waals surface area contributed by atoms with E-state index in [-0.39, 0.29) is 0 Å². The summed E-state index contributed by atoms with van der Waals surface area (Å²) in [6.45, 7) is 2.82. The minimum atomic E-state index is -1.11. The standard InChI is InChI=1S/C21H24O5/c1-2-3-4-7-13-24-16-10-8-9-15(14-16)19-20(21(22)23)26-18-12-6-5-11-17(18)25-19/h5-6,8-12,14,19-20H,2-4,7,13H2,1H3,(H,22,23). The molecule has 2 aromatic carbocycles. The first-order chi connectivity index (χ1) is 12.7. The van der Waals surface area contributed by atoms with Gasteiger partial charge in [0.15, 0.2) is 17.6 Å². The third-order valence-electron chi connectivity index (χ3n) is 4.33. The summed E-state index contributed by atoms with van der Waals surface area (Å²) < 4.78 is 17.4. The third kappa shape index (κ3) is 4.28. The molecule has 1 N–H and O–H groups in total. The second kappa shape index (κ2) is 8.61. The van der Waals surface area contributed by atoms with Crippen LogP contribution in [0.4, 0.5) is 0 Å². The van der Waals surface area contributed by atoms with Gasteiger partial charge in [-0.05, 0) is 30.7 Å². The summed E-state index contributed by atoms with van der Waals surface area (Å²) >= 11 is 0. The Hall–Kier alpha value is -2.69. The maximum absolute atomic E-state index is 11.7. The van der Waals surface area contributed by atoms with E-state index < -0.39 is 18.2 Å². The van der Waals surface area contributed by atoms with Gasteiger partial charge in [0.2, 0.25) is 6.10 Å². The Balaban J connectivity index is 1.74. The molecule has 0 radical (unpaired) electrons. The Morgan fingerprint density at radius 1 is 1.04 bits per heavy atom. The van der Waals surface area contributed by atoms with E-state index in [2.05, 4.69) is 6.92 Å². The van der Waals surface area contributed by atoms with Gasteiger partial charge in [-0.2, -0.15) is 0 Å². The molecular formula is C21H24O5. The monoisotopic (exact) mass is 356 g/mol. The molecule has 5 nitrogen and oxygen atoms in total. The van der Waals surface area contributed by atoms with Crippen LogP contribution in [0.1, 0.15) is 44.3 Å². The summed E-state index contributed by atoms with van der Waals surface area (Å²) in [5.74, 6) is 0.640. The Bertz CT molecular complexity index is 743. The lowest BCUT2D eigenvalue weighted by Crippen LogP contribution is -2.39. The molecule has 0 spiro atoms. The maximum atomic E-state index is 11.7. The van der Waals surface area contributed by atoms with Crippen molar-refractivity contribution in [3.8, 4) is 17.2 Å². The van der Waals surface area contributed by atoms with Crippen molar-refractivity contribution in [3.05, 3.63) is 54.1 Å². The van der Waals surface area contributed by atoms with Gasteiger partial charge >= 0.3 is 5.97 Å². The van der Waals surface area contributed by atoms with Crippen LogP contribution < -0.4 is 14.2 Å². The summed E-state index contributed by atoms with van der Waals surface area (Å²) in [5, 5.41) is 9.55. The van der Waals surface area contributed by atoms with E-state index in [4.69, 9.17) is 14.2 Å². The van der Waals surface area contributed by atoms with Gasteiger partial charge in [0, 0.05) is 5.56 Å². The lowest BCUT2D eigenvalue weighted by molar-refractivity contribution is -0.151. The molecule has 3 rings (SSSR count). The van der Waals surface area contributed by atoms with Crippen molar-refractivity contribution in [1.82, 2.24) is 0 Å². The second-order valence-corrected chi connectivity index (χ2v) is 6.34. The van der Waals surface area contributed by atoms with E-state index in [1.807, 2.05) is 30.3 Å². The molecule has 5 heteroatoms. The van der Waals surface area contributed by atoms with E-state index >= 15 is 0 Å². The molecule has 2 unspecified atom stereocenters. The highest BCUT2D eigenvalue weighted by atomic mass is 16.6. The van der Waals surface area contributed by atoms with Crippen LogP contribution in [0.25, 0.3) is 0 Å². The fourth-order valence-corrected chi connectivity index (χ4v) is 2.96. The lowest BCUT2D eigenvalue weighted by atomic mass is 10.0. The molecule has 0 aromatic heterocycles. The minimum absolute atomic E-state index is 0.444. The predicted octanol–water partition coefficient (Wildman–Crippen LogP) is 4.61. The molecule has 2 aromatic rings. The van der Waals surface area contributed by atoms with Crippen LogP contribution in [0.3, 0.4) is 0 Å². The molecule has 0 bridgehead atoms. The van der Waals surface area contributed by atoms with Gasteiger partial charge in [0.1, 0.15) is 5.75 Å². The number of unbranched alkanes of at least 4 members (excludes halogenated alkanes) is 3. The zero-order valence-electron chi connectivity index (χ0n) is 14.9. The average Bonchev–Trinajstić information content (AvgIpc) is 2.67. The Kier molecular flexibility index (Phi) is 6.00. The molecule has 0 saturated heterocycles. The van der Waals surface area contributed by atoms with Crippen molar-refractivity contribution >= 4 is 5.97 Å². The highest BCUT2D eigenvalue weighted by Gasteiger charge is 2.38. The Labute approximate surface area is 153 Å². The fraction of sp³-hybridized carbons (Fsp3) is 0.381. The quantitative estimate of drug-likeness (QED) is 0.700. The van der Waals surface area contributed by atoms with Crippen LogP contribution >= 0.6 is 0 Å². The largest absolute Gasteiger partial charge is 0.494 e. The number of hydrogen-bond acceptors (Lipinski definition) is 4. The first-order valence-electron chi connectivity index (χ1n) is 9.07. The zero-order valence-corrected chi connectivity index (χ0v) is 14.9. The SMILES string of the molecule is CCCCCCOc1cccc(C2Oc3ccccc3OC2C(=O)O)c1. The first kappa shape index (κ1) is 18.1. The van der Waals surface area contributed by atoms with E-state index in [1.54, 1.807) is 18.2 Å². The van der Waals surface area contributed by atoms with Crippen molar-refractivity contribution in [2.45, 2.75) is 44.8 Å². The molecular weight excluding hydrogens is 332 g/mol. The first-order valence-corrected chi connectivity index (χ1v) is 9.07. The van der Waals surface area contributed by atoms with E-state index in [1.165, 1.54) is 12.8 Å². The van der Waals surface area contributed by atoms with Gasteiger partial charge in [0.25, 0.3) is 0 Å². The van der Waals surface area contributed by atoms with Gasteiger partial charge < -0.3 is 19.3 Å². The molecule has 1 aliphatic rings. The van der Waals surface area contributed by atoms with Crippen LogP contribution in [-0.2, 0) is 4.79 Å². The smallest absolute Gasteiger partial charge is 0.349 e. The minimum Gasteiger partial charge on any atom is -0.494 e. The number of benzene rings is 2. The molecule has 1 aliphatic heterocycles. The summed E-state index contributed by atoms with van der Waals surface area (Å²) in [7, 11) is 0. The number of carboxylic acids is 1. The molecule has 0 fully saturated rings. The topological polar surface area (TPSA) is 65.0 Å². The molecule has 0 aliphatic carbocycles. The number of carbonyl (C=O) groups is 1. The summed E-state index contributed by atoms with van der Waals surface area (Å²) in [6, 6.07) is 14.5. The Morgan fingerprint density at radius 3 is 2.54 bits per heavy atom. The summed E-state index contributed by atoms with van der Waals surface area (Å²) in [6.07, 6.45) is 2.71. The highest BCUT2D eigenvalue weighted by Crippen LogP contribution is 2.39. The van der Waals surface area contributed by atoms with E-state index in [9.17, 15) is 9.90 Å².